The van der Waals surface area contributed by atoms with Crippen molar-refractivity contribution in [2.45, 2.75) is 302 Å². The van der Waals surface area contributed by atoms with Gasteiger partial charge in [-0.15, -0.1) is 0 Å². The summed E-state index contributed by atoms with van der Waals surface area (Å²) >= 11 is 0. The first-order valence-corrected chi connectivity index (χ1v) is 25.5. The Hall–Kier alpha value is -0.910. The van der Waals surface area contributed by atoms with Gasteiger partial charge in [-0.1, -0.05) is 270 Å². The molecule has 3 atom stereocenters. The first kappa shape index (κ1) is 55.1. The smallest absolute Gasteiger partial charge is 0.222 e. The summed E-state index contributed by atoms with van der Waals surface area (Å²) in [5.41, 5.74) is 0. The normalized spacial score (nSPS) is 13.4. The Kier molecular flexibility index (Phi) is 46.0. The molecule has 5 nitrogen and oxygen atoms in total. The Morgan fingerprint density at radius 1 is 0.446 bits per heavy atom. The van der Waals surface area contributed by atoms with Crippen LogP contribution in [0.5, 0.6) is 0 Å². The number of carbonyl (C=O) groups excluding carboxylic acids is 1. The Morgan fingerprint density at radius 3 is 1.04 bits per heavy atom. The van der Waals surface area contributed by atoms with Crippen molar-refractivity contribution >= 4 is 5.91 Å². The van der Waals surface area contributed by atoms with Crippen LogP contribution in [-0.4, -0.2) is 46.1 Å². The minimum atomic E-state index is -0.925. The summed E-state index contributed by atoms with van der Waals surface area (Å²) in [6, 6.07) is -0.740. The van der Waals surface area contributed by atoms with Crippen molar-refractivity contribution < 1.29 is 20.1 Å². The Labute approximate surface area is 350 Å². The molecule has 0 aliphatic heterocycles. The highest BCUT2D eigenvalue weighted by molar-refractivity contribution is 5.76. The maximum absolute atomic E-state index is 12.5. The molecule has 56 heavy (non-hydrogen) atoms. The van der Waals surface area contributed by atoms with Crippen LogP contribution < -0.4 is 5.32 Å². The lowest BCUT2D eigenvalue weighted by Gasteiger charge is -2.21. The fourth-order valence-electron chi connectivity index (χ4n) is 8.17. The molecule has 0 saturated heterocycles. The van der Waals surface area contributed by atoms with Crippen LogP contribution in [0.4, 0.5) is 0 Å². The number of amides is 1. The van der Waals surface area contributed by atoms with Crippen molar-refractivity contribution in [3.8, 4) is 0 Å². The highest BCUT2D eigenvalue weighted by Crippen LogP contribution is 2.17. The van der Waals surface area contributed by atoms with Crippen molar-refractivity contribution in [3.05, 3.63) is 12.2 Å². The van der Waals surface area contributed by atoms with Gasteiger partial charge in [-0.3, -0.25) is 4.79 Å². The molecule has 5 heteroatoms. The monoisotopic (exact) mass is 792 g/mol. The third-order valence-electron chi connectivity index (χ3n) is 12.1. The molecule has 0 aromatic heterocycles. The SMILES string of the molecule is CCCCCCCCCCCCCCCCCCCCCCCCC/C=C/C(O)C(CO)NC(=O)CC(O)CCCCCCCCCCCCCCCCCC. The summed E-state index contributed by atoms with van der Waals surface area (Å²) in [4.78, 5) is 12.5. The largest absolute Gasteiger partial charge is 0.394 e. The maximum Gasteiger partial charge on any atom is 0.222 e. The summed E-state index contributed by atoms with van der Waals surface area (Å²) in [6.45, 7) is 4.24. The van der Waals surface area contributed by atoms with Crippen molar-refractivity contribution in [2.24, 2.45) is 0 Å². The molecule has 4 N–H and O–H groups in total. The average molecular weight is 792 g/mol. The predicted molar refractivity (Wildman–Crippen MR) is 245 cm³/mol. The molecule has 0 radical (unpaired) electrons. The fraction of sp³-hybridized carbons (Fsp3) is 0.941. The van der Waals surface area contributed by atoms with E-state index in [1.807, 2.05) is 6.08 Å². The van der Waals surface area contributed by atoms with Crippen molar-refractivity contribution in [1.29, 1.82) is 0 Å². The van der Waals surface area contributed by atoms with Gasteiger partial charge in [0.25, 0.3) is 0 Å². The van der Waals surface area contributed by atoms with Crippen molar-refractivity contribution in [2.75, 3.05) is 6.61 Å². The van der Waals surface area contributed by atoms with Gasteiger partial charge in [0.05, 0.1) is 31.3 Å². The highest BCUT2D eigenvalue weighted by atomic mass is 16.3. The van der Waals surface area contributed by atoms with Gasteiger partial charge in [0, 0.05) is 0 Å². The lowest BCUT2D eigenvalue weighted by molar-refractivity contribution is -0.124. The number of unbranched alkanes of at least 4 members (excludes halogenated alkanes) is 38. The van der Waals surface area contributed by atoms with Crippen LogP contribution in [0.3, 0.4) is 0 Å². The van der Waals surface area contributed by atoms with E-state index in [2.05, 4.69) is 19.2 Å². The second-order valence-electron chi connectivity index (χ2n) is 17.8. The molecule has 0 fully saturated rings. The number of hydrogen-bond acceptors (Lipinski definition) is 4. The molecule has 0 heterocycles. The summed E-state index contributed by atoms with van der Waals surface area (Å²) in [6.07, 6.45) is 56.6. The molecule has 0 aliphatic rings. The van der Waals surface area contributed by atoms with Crippen LogP contribution in [-0.2, 0) is 4.79 Å². The number of hydrogen-bond donors (Lipinski definition) is 4. The Morgan fingerprint density at radius 2 is 0.732 bits per heavy atom. The van der Waals surface area contributed by atoms with Gasteiger partial charge in [-0.05, 0) is 19.3 Å². The van der Waals surface area contributed by atoms with Crippen LogP contribution in [0.1, 0.15) is 284 Å². The van der Waals surface area contributed by atoms with Crippen LogP contribution in [0.15, 0.2) is 12.2 Å². The fourth-order valence-corrected chi connectivity index (χ4v) is 8.17. The van der Waals surface area contributed by atoms with E-state index in [-0.39, 0.29) is 18.9 Å². The van der Waals surface area contributed by atoms with Crippen LogP contribution in [0.2, 0.25) is 0 Å². The first-order valence-electron chi connectivity index (χ1n) is 25.5. The minimum Gasteiger partial charge on any atom is -0.394 e. The molecule has 0 bridgehead atoms. The minimum absolute atomic E-state index is 0.0190. The van der Waals surface area contributed by atoms with E-state index >= 15 is 0 Å². The van der Waals surface area contributed by atoms with Gasteiger partial charge in [0.2, 0.25) is 5.91 Å². The van der Waals surface area contributed by atoms with Crippen LogP contribution >= 0.6 is 0 Å². The average Bonchev–Trinajstić information content (AvgIpc) is 3.19. The van der Waals surface area contributed by atoms with Crippen LogP contribution in [0, 0.1) is 0 Å². The number of aliphatic hydroxyl groups is 3. The second-order valence-corrected chi connectivity index (χ2v) is 17.8. The van der Waals surface area contributed by atoms with Gasteiger partial charge >= 0.3 is 0 Å². The lowest BCUT2D eigenvalue weighted by atomic mass is 10.0. The van der Waals surface area contributed by atoms with Gasteiger partial charge in [0.15, 0.2) is 0 Å². The van der Waals surface area contributed by atoms with E-state index in [9.17, 15) is 20.1 Å². The van der Waals surface area contributed by atoms with E-state index < -0.39 is 18.2 Å². The van der Waals surface area contributed by atoms with Crippen molar-refractivity contribution in [3.63, 3.8) is 0 Å². The zero-order valence-electron chi connectivity index (χ0n) is 38.0. The molecular formula is C51H101NO4. The molecule has 334 valence electrons. The van der Waals surface area contributed by atoms with Crippen LogP contribution in [0.25, 0.3) is 0 Å². The van der Waals surface area contributed by atoms with E-state index in [4.69, 9.17) is 0 Å². The number of nitrogens with one attached hydrogen (secondary N) is 1. The molecule has 3 unspecified atom stereocenters. The summed E-state index contributed by atoms with van der Waals surface area (Å²) in [5, 5.41) is 33.4. The van der Waals surface area contributed by atoms with E-state index in [0.717, 1.165) is 25.7 Å². The molecule has 0 aromatic rings. The zero-order chi connectivity index (χ0) is 40.8. The summed E-state index contributed by atoms with van der Waals surface area (Å²) in [5.74, 6) is -0.310. The lowest BCUT2D eigenvalue weighted by Crippen LogP contribution is -2.45. The summed E-state index contributed by atoms with van der Waals surface area (Å²) in [7, 11) is 0. The van der Waals surface area contributed by atoms with E-state index in [1.165, 1.54) is 231 Å². The molecule has 1 amide bonds. The quantitative estimate of drug-likeness (QED) is 0.0365. The predicted octanol–water partition coefficient (Wildman–Crippen LogP) is 15.2. The number of carbonyl (C=O) groups is 1. The third-order valence-corrected chi connectivity index (χ3v) is 12.1. The summed E-state index contributed by atoms with van der Waals surface area (Å²) < 4.78 is 0. The van der Waals surface area contributed by atoms with E-state index in [1.54, 1.807) is 6.08 Å². The second kappa shape index (κ2) is 46.8. The highest BCUT2D eigenvalue weighted by Gasteiger charge is 2.20. The van der Waals surface area contributed by atoms with Gasteiger partial charge < -0.3 is 20.6 Å². The number of allylic oxidation sites excluding steroid dienone is 1. The molecule has 0 saturated carbocycles. The molecule has 0 aliphatic carbocycles. The maximum atomic E-state index is 12.5. The number of rotatable bonds is 47. The van der Waals surface area contributed by atoms with Gasteiger partial charge in [-0.2, -0.15) is 0 Å². The van der Waals surface area contributed by atoms with Gasteiger partial charge in [0.1, 0.15) is 0 Å². The zero-order valence-corrected chi connectivity index (χ0v) is 38.0. The van der Waals surface area contributed by atoms with Crippen molar-refractivity contribution in [1.82, 2.24) is 5.32 Å². The van der Waals surface area contributed by atoms with Gasteiger partial charge in [-0.25, -0.2) is 0 Å². The number of aliphatic hydroxyl groups excluding tert-OH is 3. The first-order chi connectivity index (χ1) is 27.5. The topological polar surface area (TPSA) is 89.8 Å². The third kappa shape index (κ3) is 42.7. The molecule has 0 rings (SSSR count). The Bertz CT molecular complexity index is 788. The molecular weight excluding hydrogens is 691 g/mol. The van der Waals surface area contributed by atoms with E-state index in [0.29, 0.717) is 6.42 Å². The molecule has 0 aromatic carbocycles. The molecule has 0 spiro atoms. The Balaban J connectivity index is 3.57. The standard InChI is InChI=1S/C51H101NO4/c1-3-5-7-9-11-13-15-17-19-21-22-23-24-25-26-27-28-29-31-33-35-37-39-41-43-45-50(55)49(47-53)52-51(56)46-48(54)44-42-40-38-36-34-32-30-20-18-16-14-12-10-8-6-4-2/h43,45,48-50,53-55H,3-42,44,46-47H2,1-2H3,(H,52,56)/b45-43+.